The summed E-state index contributed by atoms with van der Waals surface area (Å²) in [6, 6.07) is 7.87. The number of carbonyl (C=O) groups is 2. The minimum absolute atomic E-state index is 0.0504. The number of carbonyl (C=O) groups excluding carboxylic acids is 2. The monoisotopic (exact) mass is 371 g/mol. The highest BCUT2D eigenvalue weighted by molar-refractivity contribution is 5.95. The van der Waals surface area contributed by atoms with Gasteiger partial charge in [-0.2, -0.15) is 0 Å². The van der Waals surface area contributed by atoms with Gasteiger partial charge in [0.15, 0.2) is 0 Å². The zero-order valence-corrected chi connectivity index (χ0v) is 16.9. The number of hydrogen-bond donors (Lipinski definition) is 1. The summed E-state index contributed by atoms with van der Waals surface area (Å²) in [4.78, 5) is 30.0. The van der Waals surface area contributed by atoms with Crippen molar-refractivity contribution in [2.45, 2.75) is 58.5 Å². The van der Waals surface area contributed by atoms with E-state index in [1.54, 1.807) is 0 Å². The molecule has 148 valence electrons. The van der Waals surface area contributed by atoms with E-state index in [1.165, 1.54) is 12.8 Å². The molecule has 1 aliphatic carbocycles. The molecule has 1 atom stereocenters. The van der Waals surface area contributed by atoms with Crippen LogP contribution in [0.25, 0.3) is 0 Å². The van der Waals surface area contributed by atoms with Crippen LogP contribution in [0.3, 0.4) is 0 Å². The molecular weight excluding hydrogens is 338 g/mol. The van der Waals surface area contributed by atoms with E-state index in [0.29, 0.717) is 19.0 Å². The Morgan fingerprint density at radius 1 is 1.04 bits per heavy atom. The lowest BCUT2D eigenvalue weighted by Gasteiger charge is -2.41. The maximum Gasteiger partial charge on any atom is 0.254 e. The second-order valence-electron chi connectivity index (χ2n) is 8.30. The van der Waals surface area contributed by atoms with Crippen LogP contribution in [0.5, 0.6) is 0 Å². The third-order valence-corrected chi connectivity index (χ3v) is 5.92. The fraction of sp³-hybridized carbons (Fsp3) is 0.636. The fourth-order valence-electron chi connectivity index (χ4n) is 4.51. The Morgan fingerprint density at radius 2 is 1.67 bits per heavy atom. The number of hydrogen-bond acceptors (Lipinski definition) is 3. The van der Waals surface area contributed by atoms with Crippen molar-refractivity contribution in [3.63, 3.8) is 0 Å². The number of benzene rings is 1. The molecule has 3 rings (SSSR count). The molecule has 0 spiro atoms. The Hall–Kier alpha value is -1.88. The van der Waals surface area contributed by atoms with Crippen molar-refractivity contribution in [1.82, 2.24) is 15.1 Å². The molecule has 1 aliphatic heterocycles. The molecule has 2 amide bonds. The zero-order chi connectivity index (χ0) is 19.4. The summed E-state index contributed by atoms with van der Waals surface area (Å²) >= 11 is 0. The van der Waals surface area contributed by atoms with Crippen LogP contribution < -0.4 is 5.32 Å². The largest absolute Gasteiger partial charge is 0.353 e. The van der Waals surface area contributed by atoms with Gasteiger partial charge >= 0.3 is 0 Å². The number of amides is 2. The van der Waals surface area contributed by atoms with Gasteiger partial charge in [-0.3, -0.25) is 14.5 Å². The van der Waals surface area contributed by atoms with Gasteiger partial charge in [0.1, 0.15) is 0 Å². The molecular formula is C22H33N3O2. The average Bonchev–Trinajstić information content (AvgIpc) is 3.16. The standard InChI is InChI=1S/C22H33N3O2/c1-16(2)23-21(26)20(18-9-5-6-10-18)24-12-14-25(15-13-24)22(27)19-11-7-4-8-17(19)3/h4,7-8,11,16,18,20H,5-6,9-10,12-15H2,1-3H3,(H,23,26)/t20-/m0/s1. The van der Waals surface area contributed by atoms with Gasteiger partial charge in [0.05, 0.1) is 6.04 Å². The second-order valence-corrected chi connectivity index (χ2v) is 8.30. The van der Waals surface area contributed by atoms with Crippen molar-refractivity contribution in [2.24, 2.45) is 5.92 Å². The first-order valence-corrected chi connectivity index (χ1v) is 10.4. The number of aryl methyl sites for hydroxylation is 1. The van der Waals surface area contributed by atoms with Gasteiger partial charge in [-0.25, -0.2) is 0 Å². The van der Waals surface area contributed by atoms with Crippen LogP contribution in [0.1, 0.15) is 55.5 Å². The van der Waals surface area contributed by atoms with E-state index in [4.69, 9.17) is 0 Å². The summed E-state index contributed by atoms with van der Waals surface area (Å²) in [5.41, 5.74) is 1.81. The quantitative estimate of drug-likeness (QED) is 0.866. The molecule has 0 aromatic heterocycles. The van der Waals surface area contributed by atoms with Crippen LogP contribution in [0.4, 0.5) is 0 Å². The van der Waals surface area contributed by atoms with Crippen molar-refractivity contribution >= 4 is 11.8 Å². The third kappa shape index (κ3) is 4.70. The molecule has 1 saturated carbocycles. The van der Waals surface area contributed by atoms with E-state index in [2.05, 4.69) is 10.2 Å². The molecule has 27 heavy (non-hydrogen) atoms. The topological polar surface area (TPSA) is 52.7 Å². The zero-order valence-electron chi connectivity index (χ0n) is 16.9. The van der Waals surface area contributed by atoms with E-state index < -0.39 is 0 Å². The van der Waals surface area contributed by atoms with Crippen molar-refractivity contribution in [3.05, 3.63) is 35.4 Å². The SMILES string of the molecule is Cc1ccccc1C(=O)N1CCN([C@H](C(=O)NC(C)C)C2CCCC2)CC1. The van der Waals surface area contributed by atoms with Crippen molar-refractivity contribution < 1.29 is 9.59 Å². The van der Waals surface area contributed by atoms with Gasteiger partial charge < -0.3 is 10.2 Å². The van der Waals surface area contributed by atoms with E-state index in [1.807, 2.05) is 49.9 Å². The Balaban J connectivity index is 1.65. The van der Waals surface area contributed by atoms with Crippen molar-refractivity contribution in [1.29, 1.82) is 0 Å². The lowest BCUT2D eigenvalue weighted by Crippen LogP contribution is -2.58. The number of piperazine rings is 1. The normalized spacial score (nSPS) is 20.1. The first kappa shape index (κ1) is 19.9. The molecule has 5 heteroatoms. The van der Waals surface area contributed by atoms with Crippen LogP contribution in [-0.2, 0) is 4.79 Å². The Labute approximate surface area is 163 Å². The number of nitrogens with one attached hydrogen (secondary N) is 1. The van der Waals surface area contributed by atoms with Crippen molar-refractivity contribution in [2.75, 3.05) is 26.2 Å². The summed E-state index contributed by atoms with van der Waals surface area (Å²) < 4.78 is 0. The van der Waals surface area contributed by atoms with Crippen LogP contribution >= 0.6 is 0 Å². The summed E-state index contributed by atoms with van der Waals surface area (Å²) in [6.07, 6.45) is 4.72. The van der Waals surface area contributed by atoms with E-state index in [-0.39, 0.29) is 23.9 Å². The smallest absolute Gasteiger partial charge is 0.254 e. The minimum Gasteiger partial charge on any atom is -0.353 e. The first-order chi connectivity index (χ1) is 13.0. The lowest BCUT2D eigenvalue weighted by atomic mass is 9.94. The van der Waals surface area contributed by atoms with E-state index in [0.717, 1.165) is 37.1 Å². The van der Waals surface area contributed by atoms with Gasteiger partial charge in [0, 0.05) is 37.8 Å². The molecule has 0 radical (unpaired) electrons. The maximum atomic E-state index is 12.9. The highest BCUT2D eigenvalue weighted by atomic mass is 16.2. The summed E-state index contributed by atoms with van der Waals surface area (Å²) in [6.45, 7) is 8.92. The molecule has 1 N–H and O–H groups in total. The second kappa shape index (κ2) is 8.87. The van der Waals surface area contributed by atoms with E-state index in [9.17, 15) is 9.59 Å². The Bertz CT molecular complexity index is 659. The van der Waals surface area contributed by atoms with Gasteiger partial charge in [0.2, 0.25) is 5.91 Å². The molecule has 5 nitrogen and oxygen atoms in total. The summed E-state index contributed by atoms with van der Waals surface area (Å²) in [7, 11) is 0. The predicted octanol–water partition coefficient (Wildman–Crippen LogP) is 2.84. The Kier molecular flexibility index (Phi) is 6.53. The third-order valence-electron chi connectivity index (χ3n) is 5.92. The van der Waals surface area contributed by atoms with Crippen LogP contribution in [-0.4, -0.2) is 59.9 Å². The highest BCUT2D eigenvalue weighted by Crippen LogP contribution is 2.31. The molecule has 1 saturated heterocycles. The molecule has 2 aliphatic rings. The molecule has 1 aromatic rings. The number of rotatable bonds is 5. The number of nitrogens with zero attached hydrogens (tertiary/aromatic N) is 2. The minimum atomic E-state index is -0.0504. The molecule has 1 heterocycles. The fourth-order valence-corrected chi connectivity index (χ4v) is 4.51. The summed E-state index contributed by atoms with van der Waals surface area (Å²) in [5, 5.41) is 3.12. The lowest BCUT2D eigenvalue weighted by molar-refractivity contribution is -0.129. The summed E-state index contributed by atoms with van der Waals surface area (Å²) in [5.74, 6) is 0.717. The molecule has 1 aromatic carbocycles. The Morgan fingerprint density at radius 3 is 2.26 bits per heavy atom. The van der Waals surface area contributed by atoms with Gasteiger partial charge in [-0.1, -0.05) is 31.0 Å². The van der Waals surface area contributed by atoms with Gasteiger partial charge in [0.25, 0.3) is 5.91 Å². The average molecular weight is 372 g/mol. The van der Waals surface area contributed by atoms with Crippen LogP contribution in [0, 0.1) is 12.8 Å². The molecule has 0 bridgehead atoms. The molecule has 2 fully saturated rings. The van der Waals surface area contributed by atoms with E-state index >= 15 is 0 Å². The maximum absolute atomic E-state index is 12.9. The van der Waals surface area contributed by atoms with Crippen LogP contribution in [0.2, 0.25) is 0 Å². The van der Waals surface area contributed by atoms with Crippen LogP contribution in [0.15, 0.2) is 24.3 Å². The van der Waals surface area contributed by atoms with Crippen molar-refractivity contribution in [3.8, 4) is 0 Å². The first-order valence-electron chi connectivity index (χ1n) is 10.4. The predicted molar refractivity (Wildman–Crippen MR) is 108 cm³/mol. The van der Waals surface area contributed by atoms with Gasteiger partial charge in [-0.05, 0) is 51.2 Å². The van der Waals surface area contributed by atoms with Gasteiger partial charge in [-0.15, -0.1) is 0 Å². The highest BCUT2D eigenvalue weighted by Gasteiger charge is 2.37. The molecule has 0 unspecified atom stereocenters.